The SMILES string of the molecule is CC#CC(=O)NC1CCCN(c2ccnc(CC(=O)Nc3ccc(-c4cc5c(N6CCOCC6)ncnc5[nH]4)cc3)c2)C1. The van der Waals surface area contributed by atoms with Crippen molar-refractivity contribution in [3.05, 3.63) is 60.7 Å². The molecule has 3 N–H and O–H groups in total. The molecule has 0 radical (unpaired) electrons. The molecule has 2 saturated heterocycles. The number of amides is 2. The Bertz CT molecular complexity index is 1670. The molecule has 11 heteroatoms. The molecule has 43 heavy (non-hydrogen) atoms. The third-order valence-corrected chi connectivity index (χ3v) is 7.70. The summed E-state index contributed by atoms with van der Waals surface area (Å²) in [5, 5.41) is 6.94. The topological polar surface area (TPSA) is 128 Å². The second-order valence-corrected chi connectivity index (χ2v) is 10.7. The number of hydrogen-bond donors (Lipinski definition) is 3. The number of aromatic nitrogens is 4. The van der Waals surface area contributed by atoms with Crippen molar-refractivity contribution in [3.63, 3.8) is 0 Å². The first-order valence-electron chi connectivity index (χ1n) is 14.6. The molecular formula is C32H34N8O3. The Labute approximate surface area is 250 Å². The van der Waals surface area contributed by atoms with Crippen LogP contribution in [0.4, 0.5) is 17.2 Å². The average molecular weight is 579 g/mol. The zero-order valence-corrected chi connectivity index (χ0v) is 24.1. The molecule has 11 nitrogen and oxygen atoms in total. The second kappa shape index (κ2) is 12.9. The van der Waals surface area contributed by atoms with Gasteiger partial charge in [-0.3, -0.25) is 14.6 Å². The van der Waals surface area contributed by atoms with Crippen molar-refractivity contribution in [2.75, 3.05) is 54.5 Å². The van der Waals surface area contributed by atoms with E-state index < -0.39 is 0 Å². The van der Waals surface area contributed by atoms with Crippen LogP contribution in [0, 0.1) is 11.8 Å². The van der Waals surface area contributed by atoms with Gasteiger partial charge in [0.2, 0.25) is 5.91 Å². The minimum Gasteiger partial charge on any atom is -0.378 e. The van der Waals surface area contributed by atoms with Gasteiger partial charge in [0.1, 0.15) is 17.8 Å². The minimum atomic E-state index is -0.247. The summed E-state index contributed by atoms with van der Waals surface area (Å²) in [5.41, 5.74) is 5.08. The number of fused-ring (bicyclic) bond motifs is 1. The maximum absolute atomic E-state index is 12.9. The van der Waals surface area contributed by atoms with E-state index in [1.54, 1.807) is 19.4 Å². The van der Waals surface area contributed by atoms with Crippen LogP contribution >= 0.6 is 0 Å². The van der Waals surface area contributed by atoms with Gasteiger partial charge in [0.05, 0.1) is 30.7 Å². The highest BCUT2D eigenvalue weighted by molar-refractivity contribution is 5.94. The third kappa shape index (κ3) is 6.76. The van der Waals surface area contributed by atoms with Crippen LogP contribution in [0.2, 0.25) is 0 Å². The van der Waals surface area contributed by atoms with Gasteiger partial charge in [-0.15, -0.1) is 0 Å². The number of nitrogens with zero attached hydrogens (tertiary/aromatic N) is 5. The molecule has 2 fully saturated rings. The molecule has 0 saturated carbocycles. The second-order valence-electron chi connectivity index (χ2n) is 10.7. The molecular weight excluding hydrogens is 544 g/mol. The highest BCUT2D eigenvalue weighted by Crippen LogP contribution is 2.30. The van der Waals surface area contributed by atoms with Gasteiger partial charge < -0.3 is 30.2 Å². The van der Waals surface area contributed by atoms with Gasteiger partial charge in [-0.25, -0.2) is 9.97 Å². The lowest BCUT2D eigenvalue weighted by Gasteiger charge is -2.34. The fourth-order valence-corrected chi connectivity index (χ4v) is 5.64. The molecule has 0 spiro atoms. The molecule has 4 aromatic rings. The molecule has 2 aliphatic heterocycles. The van der Waals surface area contributed by atoms with Crippen LogP contribution in [0.1, 0.15) is 25.5 Å². The number of carbonyl (C=O) groups is 2. The van der Waals surface area contributed by atoms with Crippen LogP contribution in [0.3, 0.4) is 0 Å². The first kappa shape index (κ1) is 28.2. The number of ether oxygens (including phenoxy) is 1. The Kier molecular flexibility index (Phi) is 8.47. The maximum Gasteiger partial charge on any atom is 0.296 e. The summed E-state index contributed by atoms with van der Waals surface area (Å²) in [6.07, 6.45) is 5.34. The van der Waals surface area contributed by atoms with Crippen molar-refractivity contribution in [2.24, 2.45) is 0 Å². The van der Waals surface area contributed by atoms with Gasteiger partial charge in [0.25, 0.3) is 5.91 Å². The van der Waals surface area contributed by atoms with Gasteiger partial charge in [0.15, 0.2) is 0 Å². The molecule has 0 bridgehead atoms. The Morgan fingerprint density at radius 2 is 1.88 bits per heavy atom. The van der Waals surface area contributed by atoms with Gasteiger partial charge >= 0.3 is 0 Å². The number of aromatic amines is 1. The third-order valence-electron chi connectivity index (χ3n) is 7.70. The number of anilines is 3. The highest BCUT2D eigenvalue weighted by atomic mass is 16.5. The summed E-state index contributed by atoms with van der Waals surface area (Å²) < 4.78 is 5.49. The number of nitrogens with one attached hydrogen (secondary N) is 3. The fourth-order valence-electron chi connectivity index (χ4n) is 5.64. The Balaban J connectivity index is 1.08. The smallest absolute Gasteiger partial charge is 0.296 e. The van der Waals surface area contributed by atoms with Crippen molar-refractivity contribution < 1.29 is 14.3 Å². The van der Waals surface area contributed by atoms with E-state index in [9.17, 15) is 9.59 Å². The Morgan fingerprint density at radius 1 is 1.05 bits per heavy atom. The number of rotatable bonds is 7. The molecule has 3 aromatic heterocycles. The predicted molar refractivity (Wildman–Crippen MR) is 166 cm³/mol. The van der Waals surface area contributed by atoms with E-state index in [-0.39, 0.29) is 24.3 Å². The zero-order chi connectivity index (χ0) is 29.6. The van der Waals surface area contributed by atoms with E-state index in [0.717, 1.165) is 66.3 Å². The van der Waals surface area contributed by atoms with Crippen molar-refractivity contribution in [2.45, 2.75) is 32.2 Å². The normalized spacial score (nSPS) is 16.8. The molecule has 1 unspecified atom stereocenters. The van der Waals surface area contributed by atoms with E-state index in [1.807, 2.05) is 36.4 Å². The van der Waals surface area contributed by atoms with Crippen LogP contribution in [0.15, 0.2) is 55.0 Å². The van der Waals surface area contributed by atoms with Gasteiger partial charge in [-0.1, -0.05) is 18.1 Å². The van der Waals surface area contributed by atoms with E-state index in [0.29, 0.717) is 31.1 Å². The fraction of sp³-hybridized carbons (Fsp3) is 0.344. The first-order chi connectivity index (χ1) is 21.1. The number of hydrogen-bond acceptors (Lipinski definition) is 8. The Hall–Kier alpha value is -4.95. The average Bonchev–Trinajstić information content (AvgIpc) is 3.47. The van der Waals surface area contributed by atoms with Crippen LogP contribution in [-0.4, -0.2) is 77.2 Å². The highest BCUT2D eigenvalue weighted by Gasteiger charge is 2.22. The summed E-state index contributed by atoms with van der Waals surface area (Å²) in [6.45, 7) is 6.20. The maximum atomic E-state index is 12.9. The van der Waals surface area contributed by atoms with E-state index in [1.165, 1.54) is 0 Å². The van der Waals surface area contributed by atoms with Gasteiger partial charge in [0, 0.05) is 55.5 Å². The molecule has 1 aromatic carbocycles. The van der Waals surface area contributed by atoms with E-state index in [4.69, 9.17) is 4.74 Å². The summed E-state index contributed by atoms with van der Waals surface area (Å²) in [6, 6.07) is 13.7. The zero-order valence-electron chi connectivity index (χ0n) is 24.1. The minimum absolute atomic E-state index is 0.0362. The standard InChI is InChI=1S/C32H34N8O3/c1-2-4-29(41)37-24-5-3-12-40(20-24)26-10-11-33-25(17-26)18-30(42)36-23-8-6-22(7-9-23)28-19-27-31(38-28)34-21-35-32(27)39-13-15-43-16-14-39/h6-11,17,19,21,24H,3,5,12-16,18,20H2,1H3,(H,36,42)(H,37,41)(H,34,35,38). The predicted octanol–water partition coefficient (Wildman–Crippen LogP) is 3.15. The number of piperidine rings is 1. The molecule has 2 aliphatic rings. The van der Waals surface area contributed by atoms with Crippen LogP contribution in [0.25, 0.3) is 22.3 Å². The van der Waals surface area contributed by atoms with Crippen molar-refractivity contribution in [3.8, 4) is 23.1 Å². The summed E-state index contributed by atoms with van der Waals surface area (Å²) in [4.78, 5) is 46.0. The lowest BCUT2D eigenvalue weighted by molar-refractivity contribution is -0.117. The number of H-pyrrole nitrogens is 1. The number of morpholine rings is 1. The van der Waals surface area contributed by atoms with Gasteiger partial charge in [-0.2, -0.15) is 0 Å². The molecule has 5 heterocycles. The molecule has 0 aliphatic carbocycles. The molecule has 2 amide bonds. The van der Waals surface area contributed by atoms with E-state index >= 15 is 0 Å². The summed E-state index contributed by atoms with van der Waals surface area (Å²) >= 11 is 0. The van der Waals surface area contributed by atoms with Crippen molar-refractivity contribution in [1.29, 1.82) is 0 Å². The number of carbonyl (C=O) groups excluding carboxylic acids is 2. The van der Waals surface area contributed by atoms with Crippen LogP contribution < -0.4 is 20.4 Å². The monoisotopic (exact) mass is 578 g/mol. The Morgan fingerprint density at radius 3 is 2.70 bits per heavy atom. The number of benzene rings is 1. The largest absolute Gasteiger partial charge is 0.378 e. The number of pyridine rings is 1. The lowest BCUT2D eigenvalue weighted by atomic mass is 10.0. The van der Waals surface area contributed by atoms with Crippen molar-refractivity contribution in [1.82, 2.24) is 25.3 Å². The lowest BCUT2D eigenvalue weighted by Crippen LogP contribution is -2.47. The van der Waals surface area contributed by atoms with Gasteiger partial charge in [-0.05, 0) is 61.6 Å². The van der Waals surface area contributed by atoms with E-state index in [2.05, 4.69) is 58.3 Å². The first-order valence-corrected chi connectivity index (χ1v) is 14.6. The van der Waals surface area contributed by atoms with Crippen LogP contribution in [0.5, 0.6) is 0 Å². The van der Waals surface area contributed by atoms with Crippen molar-refractivity contribution >= 4 is 40.0 Å². The summed E-state index contributed by atoms with van der Waals surface area (Å²) in [5.74, 6) is 5.70. The molecule has 1 atom stereocenters. The van der Waals surface area contributed by atoms with Crippen LogP contribution in [-0.2, 0) is 20.7 Å². The quantitative estimate of drug-likeness (QED) is 0.286. The molecule has 220 valence electrons. The molecule has 6 rings (SSSR count). The summed E-state index contributed by atoms with van der Waals surface area (Å²) in [7, 11) is 0.